The molecule has 0 unspecified atom stereocenters. The minimum atomic E-state index is -0.481. The van der Waals surface area contributed by atoms with Crippen LogP contribution in [-0.2, 0) is 7.05 Å². The maximum Gasteiger partial charge on any atom is 0.320 e. The third-order valence-electron chi connectivity index (χ3n) is 3.92. The molecule has 134 valence electrons. The van der Waals surface area contributed by atoms with Crippen molar-refractivity contribution in [2.45, 2.75) is 6.04 Å². The molecule has 0 bridgehead atoms. The maximum atomic E-state index is 12.6. The van der Waals surface area contributed by atoms with Crippen LogP contribution in [0.2, 0.25) is 5.02 Å². The molecule has 0 aliphatic heterocycles. The van der Waals surface area contributed by atoms with Crippen LogP contribution in [0.5, 0.6) is 5.75 Å². The Morgan fingerprint density at radius 3 is 2.73 bits per heavy atom. The smallest absolute Gasteiger partial charge is 0.320 e. The van der Waals surface area contributed by atoms with E-state index in [4.69, 9.17) is 16.3 Å². The molecule has 2 amide bonds. The molecule has 0 fully saturated rings. The lowest BCUT2D eigenvalue weighted by Gasteiger charge is -2.21. The lowest BCUT2D eigenvalue weighted by Crippen LogP contribution is -2.34. The van der Waals surface area contributed by atoms with E-state index >= 15 is 0 Å². The van der Waals surface area contributed by atoms with Crippen LogP contribution in [0.3, 0.4) is 0 Å². The Morgan fingerprint density at radius 1 is 1.23 bits per heavy atom. The van der Waals surface area contributed by atoms with Crippen LogP contribution in [0.4, 0.5) is 10.5 Å². The van der Waals surface area contributed by atoms with E-state index < -0.39 is 6.04 Å². The molecule has 1 atom stereocenters. The number of benzene rings is 2. The third kappa shape index (κ3) is 3.97. The zero-order valence-corrected chi connectivity index (χ0v) is 15.2. The van der Waals surface area contributed by atoms with Crippen molar-refractivity contribution in [2.75, 3.05) is 12.4 Å². The van der Waals surface area contributed by atoms with Gasteiger partial charge >= 0.3 is 6.03 Å². The fraction of sp³-hybridized carbons (Fsp3) is 0.158. The van der Waals surface area contributed by atoms with Gasteiger partial charge in [-0.05, 0) is 24.3 Å². The van der Waals surface area contributed by atoms with Gasteiger partial charge in [0.05, 0.1) is 7.11 Å². The number of carbonyl (C=O) groups excluding carboxylic acids is 1. The lowest BCUT2D eigenvalue weighted by atomic mass is 10.0. The van der Waals surface area contributed by atoms with Crippen LogP contribution in [-0.4, -0.2) is 22.7 Å². The van der Waals surface area contributed by atoms with Gasteiger partial charge in [0.2, 0.25) is 0 Å². The molecule has 3 rings (SSSR count). The number of carbonyl (C=O) groups is 1. The summed E-state index contributed by atoms with van der Waals surface area (Å²) in [6, 6.07) is 13.6. The minimum Gasteiger partial charge on any atom is -0.496 e. The summed E-state index contributed by atoms with van der Waals surface area (Å²) in [4.78, 5) is 17.0. The summed E-state index contributed by atoms with van der Waals surface area (Å²) in [5.41, 5.74) is 1.42. The number of urea groups is 1. The summed E-state index contributed by atoms with van der Waals surface area (Å²) in [6.45, 7) is 0. The van der Waals surface area contributed by atoms with Gasteiger partial charge in [-0.2, -0.15) is 0 Å². The highest BCUT2D eigenvalue weighted by atomic mass is 35.5. The van der Waals surface area contributed by atoms with Crippen molar-refractivity contribution in [3.8, 4) is 5.75 Å². The lowest BCUT2D eigenvalue weighted by molar-refractivity contribution is 0.249. The highest BCUT2D eigenvalue weighted by molar-refractivity contribution is 6.30. The van der Waals surface area contributed by atoms with Gasteiger partial charge < -0.3 is 19.9 Å². The molecule has 0 aliphatic carbocycles. The van der Waals surface area contributed by atoms with E-state index in [1.54, 1.807) is 37.6 Å². The third-order valence-corrected chi connectivity index (χ3v) is 4.16. The van der Waals surface area contributed by atoms with E-state index in [0.29, 0.717) is 22.3 Å². The predicted molar refractivity (Wildman–Crippen MR) is 102 cm³/mol. The number of ether oxygens (including phenoxy) is 1. The molecule has 26 heavy (non-hydrogen) atoms. The number of hydrogen-bond acceptors (Lipinski definition) is 3. The quantitative estimate of drug-likeness (QED) is 0.713. The number of amides is 2. The van der Waals surface area contributed by atoms with Crippen LogP contribution in [0.1, 0.15) is 17.4 Å². The van der Waals surface area contributed by atoms with E-state index in [0.717, 1.165) is 5.56 Å². The number of aromatic nitrogens is 2. The van der Waals surface area contributed by atoms with E-state index in [2.05, 4.69) is 15.6 Å². The van der Waals surface area contributed by atoms with Gasteiger partial charge in [-0.1, -0.05) is 35.9 Å². The van der Waals surface area contributed by atoms with Gasteiger partial charge in [-0.3, -0.25) is 0 Å². The zero-order valence-electron chi connectivity index (χ0n) is 14.4. The van der Waals surface area contributed by atoms with Crippen molar-refractivity contribution in [1.29, 1.82) is 0 Å². The molecule has 0 spiro atoms. The number of imidazole rings is 1. The van der Waals surface area contributed by atoms with Crippen LogP contribution >= 0.6 is 11.6 Å². The second-order valence-electron chi connectivity index (χ2n) is 5.68. The molecule has 1 heterocycles. The Bertz CT molecular complexity index is 910. The summed E-state index contributed by atoms with van der Waals surface area (Å²) in [7, 11) is 3.47. The van der Waals surface area contributed by atoms with Crippen molar-refractivity contribution in [3.63, 3.8) is 0 Å². The molecule has 7 heteroatoms. The van der Waals surface area contributed by atoms with Gasteiger partial charge in [-0.15, -0.1) is 0 Å². The molecule has 6 nitrogen and oxygen atoms in total. The average molecular weight is 371 g/mol. The number of hydrogen-bond donors (Lipinski definition) is 2. The Morgan fingerprint density at radius 2 is 2.04 bits per heavy atom. The summed E-state index contributed by atoms with van der Waals surface area (Å²) in [6.07, 6.45) is 3.52. The number of anilines is 1. The number of rotatable bonds is 5. The zero-order chi connectivity index (χ0) is 18.5. The monoisotopic (exact) mass is 370 g/mol. The van der Waals surface area contributed by atoms with Gasteiger partial charge in [0, 0.05) is 35.7 Å². The second kappa shape index (κ2) is 7.93. The van der Waals surface area contributed by atoms with Crippen molar-refractivity contribution < 1.29 is 9.53 Å². The van der Waals surface area contributed by atoms with Crippen LogP contribution in [0, 0.1) is 0 Å². The molecule has 0 radical (unpaired) electrons. The summed E-state index contributed by atoms with van der Waals surface area (Å²) >= 11 is 5.97. The van der Waals surface area contributed by atoms with E-state index in [-0.39, 0.29) is 6.03 Å². The summed E-state index contributed by atoms with van der Waals surface area (Å²) in [5, 5.41) is 6.30. The molecule has 0 saturated heterocycles. The first-order valence-electron chi connectivity index (χ1n) is 8.01. The molecular weight excluding hydrogens is 352 g/mol. The van der Waals surface area contributed by atoms with Gasteiger partial charge in [-0.25, -0.2) is 9.78 Å². The standard InChI is InChI=1S/C19H19ClN4O2/c1-24-11-10-21-18(24)17(15-8-3-4-9-16(15)26-2)23-19(25)22-14-7-5-6-13(20)12-14/h3-12,17H,1-2H3,(H2,22,23,25)/t17-/m1/s1. The molecule has 2 N–H and O–H groups in total. The van der Waals surface area contributed by atoms with E-state index in [1.807, 2.05) is 42.1 Å². The predicted octanol–water partition coefficient (Wildman–Crippen LogP) is 3.99. The average Bonchev–Trinajstić information content (AvgIpc) is 3.05. The van der Waals surface area contributed by atoms with Crippen molar-refractivity contribution >= 4 is 23.3 Å². The Balaban J connectivity index is 1.89. The molecule has 1 aromatic heterocycles. The number of nitrogens with one attached hydrogen (secondary N) is 2. The second-order valence-corrected chi connectivity index (χ2v) is 6.12. The van der Waals surface area contributed by atoms with Crippen LogP contribution in [0.15, 0.2) is 60.9 Å². The highest BCUT2D eigenvalue weighted by Gasteiger charge is 2.23. The topological polar surface area (TPSA) is 68.2 Å². The first kappa shape index (κ1) is 17.8. The fourth-order valence-electron chi connectivity index (χ4n) is 2.71. The molecule has 2 aromatic carbocycles. The van der Waals surface area contributed by atoms with Crippen LogP contribution < -0.4 is 15.4 Å². The Hall–Kier alpha value is -2.99. The molecule has 0 saturated carbocycles. The molecule has 0 aliphatic rings. The van der Waals surface area contributed by atoms with E-state index in [1.165, 1.54) is 0 Å². The van der Waals surface area contributed by atoms with Gasteiger partial charge in [0.25, 0.3) is 0 Å². The van der Waals surface area contributed by atoms with Crippen molar-refractivity contribution in [1.82, 2.24) is 14.9 Å². The van der Waals surface area contributed by atoms with Crippen molar-refractivity contribution in [3.05, 3.63) is 77.3 Å². The SMILES string of the molecule is COc1ccccc1[C@@H](NC(=O)Nc1cccc(Cl)c1)c1nccn1C. The van der Waals surface area contributed by atoms with E-state index in [9.17, 15) is 4.79 Å². The minimum absolute atomic E-state index is 0.369. The Kier molecular flexibility index (Phi) is 5.43. The Labute approximate surface area is 156 Å². The highest BCUT2D eigenvalue weighted by Crippen LogP contribution is 2.29. The molecular formula is C19H19ClN4O2. The summed E-state index contributed by atoms with van der Waals surface area (Å²) < 4.78 is 7.31. The number of halogens is 1. The summed E-state index contributed by atoms with van der Waals surface area (Å²) in [5.74, 6) is 1.36. The normalized spacial score (nSPS) is 11.7. The molecule has 3 aromatic rings. The van der Waals surface area contributed by atoms with Gasteiger partial charge in [0.1, 0.15) is 17.6 Å². The first-order chi connectivity index (χ1) is 12.6. The van der Waals surface area contributed by atoms with Crippen LogP contribution in [0.25, 0.3) is 0 Å². The fourth-order valence-corrected chi connectivity index (χ4v) is 2.90. The van der Waals surface area contributed by atoms with Crippen molar-refractivity contribution in [2.24, 2.45) is 7.05 Å². The number of methoxy groups -OCH3 is 1. The van der Waals surface area contributed by atoms with Gasteiger partial charge in [0.15, 0.2) is 0 Å². The number of para-hydroxylation sites is 1. The maximum absolute atomic E-state index is 12.6. The number of aryl methyl sites for hydroxylation is 1. The largest absolute Gasteiger partial charge is 0.496 e. The first-order valence-corrected chi connectivity index (χ1v) is 8.39. The number of nitrogens with zero attached hydrogens (tertiary/aromatic N) is 2.